The lowest BCUT2D eigenvalue weighted by Crippen LogP contribution is -2.08. The lowest BCUT2D eigenvalue weighted by atomic mass is 10.1. The predicted octanol–water partition coefficient (Wildman–Crippen LogP) is 8.95. The van der Waals surface area contributed by atoms with Crippen LogP contribution in [0.5, 0.6) is 23.0 Å². The molecule has 3 aromatic rings. The van der Waals surface area contributed by atoms with Gasteiger partial charge in [0.25, 0.3) is 0 Å². The molecule has 0 bridgehead atoms. The standard InChI is InChI=1S/C31H38N2O5/c1-3-5-6-7-8-9-10-11-22-37-27-16-12-24(13-17-27)31(35)38-28-20-21-29(30(34)23-28)33-32-25-14-18-26(19-15-25)36-4-2/h12-21,23,34H,3-11,22H2,1-2H3. The molecule has 0 unspecified atom stereocenters. The van der Waals surface area contributed by atoms with E-state index in [2.05, 4.69) is 17.2 Å². The number of phenols is 1. The zero-order valence-corrected chi connectivity index (χ0v) is 22.4. The van der Waals surface area contributed by atoms with E-state index < -0.39 is 5.97 Å². The predicted molar refractivity (Wildman–Crippen MR) is 149 cm³/mol. The highest BCUT2D eigenvalue weighted by molar-refractivity contribution is 5.91. The number of rotatable bonds is 16. The Morgan fingerprint density at radius 2 is 1.32 bits per heavy atom. The Bertz CT molecular complexity index is 1140. The van der Waals surface area contributed by atoms with Crippen LogP contribution in [-0.4, -0.2) is 24.3 Å². The molecule has 0 aliphatic carbocycles. The fourth-order valence-electron chi connectivity index (χ4n) is 3.82. The Morgan fingerprint density at radius 3 is 1.97 bits per heavy atom. The molecule has 0 amide bonds. The van der Waals surface area contributed by atoms with Gasteiger partial charge in [-0.1, -0.05) is 51.9 Å². The highest BCUT2D eigenvalue weighted by Crippen LogP contribution is 2.32. The average molecular weight is 519 g/mol. The van der Waals surface area contributed by atoms with Gasteiger partial charge in [-0.25, -0.2) is 4.79 Å². The number of benzene rings is 3. The van der Waals surface area contributed by atoms with Crippen LogP contribution < -0.4 is 14.2 Å². The van der Waals surface area contributed by atoms with Crippen LogP contribution in [0.1, 0.15) is 75.6 Å². The van der Waals surface area contributed by atoms with E-state index >= 15 is 0 Å². The minimum Gasteiger partial charge on any atom is -0.505 e. The molecule has 0 heterocycles. The molecule has 7 nitrogen and oxygen atoms in total. The summed E-state index contributed by atoms with van der Waals surface area (Å²) in [6.45, 7) is 5.41. The smallest absolute Gasteiger partial charge is 0.343 e. The Hall–Kier alpha value is -3.87. The number of esters is 1. The lowest BCUT2D eigenvalue weighted by Gasteiger charge is -2.08. The van der Waals surface area contributed by atoms with Gasteiger partial charge >= 0.3 is 5.97 Å². The van der Waals surface area contributed by atoms with Gasteiger partial charge in [-0.2, -0.15) is 5.11 Å². The molecule has 0 aromatic heterocycles. The fourth-order valence-corrected chi connectivity index (χ4v) is 3.82. The maximum atomic E-state index is 12.5. The van der Waals surface area contributed by atoms with Crippen LogP contribution >= 0.6 is 0 Å². The van der Waals surface area contributed by atoms with Gasteiger partial charge in [-0.15, -0.1) is 5.11 Å². The third-order valence-electron chi connectivity index (χ3n) is 5.93. The molecule has 38 heavy (non-hydrogen) atoms. The van der Waals surface area contributed by atoms with E-state index in [4.69, 9.17) is 14.2 Å². The van der Waals surface area contributed by atoms with E-state index in [9.17, 15) is 9.90 Å². The summed E-state index contributed by atoms with van der Waals surface area (Å²) >= 11 is 0. The average Bonchev–Trinajstić information content (AvgIpc) is 2.93. The van der Waals surface area contributed by atoms with Crippen LogP contribution in [0.4, 0.5) is 11.4 Å². The second-order valence-electron chi connectivity index (χ2n) is 9.01. The molecule has 0 spiro atoms. The van der Waals surface area contributed by atoms with Gasteiger partial charge in [0.05, 0.1) is 24.5 Å². The molecular formula is C31H38N2O5. The van der Waals surface area contributed by atoms with Crippen molar-refractivity contribution < 1.29 is 24.1 Å². The van der Waals surface area contributed by atoms with Crippen LogP contribution in [0.2, 0.25) is 0 Å². The maximum absolute atomic E-state index is 12.5. The number of carbonyl (C=O) groups excluding carboxylic acids is 1. The monoisotopic (exact) mass is 518 g/mol. The van der Waals surface area contributed by atoms with Crippen LogP contribution in [0, 0.1) is 0 Å². The number of aromatic hydroxyl groups is 1. The van der Waals surface area contributed by atoms with E-state index in [1.54, 1.807) is 54.6 Å². The van der Waals surface area contributed by atoms with Crippen LogP contribution in [0.25, 0.3) is 0 Å². The molecule has 3 aromatic carbocycles. The van der Waals surface area contributed by atoms with Gasteiger partial charge in [0, 0.05) is 6.07 Å². The first kappa shape index (κ1) is 28.7. The van der Waals surface area contributed by atoms with Gasteiger partial charge in [-0.05, 0) is 74.0 Å². The molecule has 202 valence electrons. The van der Waals surface area contributed by atoms with Crippen molar-refractivity contribution in [1.29, 1.82) is 0 Å². The van der Waals surface area contributed by atoms with E-state index in [1.165, 1.54) is 57.1 Å². The number of carbonyl (C=O) groups is 1. The molecule has 0 aliphatic rings. The number of phenolic OH excluding ortho intramolecular Hbond substituents is 1. The number of hydrogen-bond donors (Lipinski definition) is 1. The third-order valence-corrected chi connectivity index (χ3v) is 5.93. The summed E-state index contributed by atoms with van der Waals surface area (Å²) in [6.07, 6.45) is 10.0. The first-order chi connectivity index (χ1) is 18.6. The number of hydrogen-bond acceptors (Lipinski definition) is 7. The zero-order valence-electron chi connectivity index (χ0n) is 22.4. The normalized spacial score (nSPS) is 11.0. The summed E-state index contributed by atoms with van der Waals surface area (Å²) < 4.78 is 16.6. The summed E-state index contributed by atoms with van der Waals surface area (Å²) in [5.74, 6) is 1.02. The molecule has 1 N–H and O–H groups in total. The third kappa shape index (κ3) is 9.88. The lowest BCUT2D eigenvalue weighted by molar-refractivity contribution is 0.0734. The van der Waals surface area contributed by atoms with Crippen molar-refractivity contribution in [2.24, 2.45) is 10.2 Å². The highest BCUT2D eigenvalue weighted by atomic mass is 16.5. The minimum absolute atomic E-state index is 0.144. The Morgan fingerprint density at radius 1 is 0.711 bits per heavy atom. The number of unbranched alkanes of at least 4 members (excludes halogenated alkanes) is 7. The van der Waals surface area contributed by atoms with Crippen molar-refractivity contribution in [1.82, 2.24) is 0 Å². The quantitative estimate of drug-likeness (QED) is 0.0884. The van der Waals surface area contributed by atoms with Crippen molar-refractivity contribution in [2.75, 3.05) is 13.2 Å². The van der Waals surface area contributed by atoms with Gasteiger partial charge in [0.1, 0.15) is 28.7 Å². The number of azo groups is 1. The van der Waals surface area contributed by atoms with E-state index in [0.717, 1.165) is 17.9 Å². The largest absolute Gasteiger partial charge is 0.505 e. The molecular weight excluding hydrogens is 480 g/mol. The second-order valence-corrected chi connectivity index (χ2v) is 9.01. The van der Waals surface area contributed by atoms with E-state index in [-0.39, 0.29) is 17.2 Å². The summed E-state index contributed by atoms with van der Waals surface area (Å²) in [5.41, 5.74) is 1.27. The van der Waals surface area contributed by atoms with Gasteiger partial charge in [0.15, 0.2) is 0 Å². The topological polar surface area (TPSA) is 89.7 Å². The summed E-state index contributed by atoms with van der Waals surface area (Å²) in [6, 6.07) is 18.5. The number of ether oxygens (including phenoxy) is 3. The van der Waals surface area contributed by atoms with E-state index in [0.29, 0.717) is 24.5 Å². The molecule has 0 radical (unpaired) electrons. The first-order valence-corrected chi connectivity index (χ1v) is 13.5. The molecule has 7 heteroatoms. The van der Waals surface area contributed by atoms with Crippen molar-refractivity contribution in [3.8, 4) is 23.0 Å². The second kappa shape index (κ2) is 16.1. The van der Waals surface area contributed by atoms with Gasteiger partial charge in [-0.3, -0.25) is 0 Å². The molecule has 0 aliphatic heterocycles. The maximum Gasteiger partial charge on any atom is 0.343 e. The van der Waals surface area contributed by atoms with Crippen molar-refractivity contribution >= 4 is 17.3 Å². The van der Waals surface area contributed by atoms with E-state index in [1.807, 2.05) is 6.92 Å². The first-order valence-electron chi connectivity index (χ1n) is 13.5. The SMILES string of the molecule is CCCCCCCCCCOc1ccc(C(=O)Oc2ccc(N=Nc3ccc(OCC)cc3)c(O)c2)cc1. The summed E-state index contributed by atoms with van der Waals surface area (Å²) in [5, 5.41) is 18.5. The Labute approximate surface area is 225 Å². The minimum atomic E-state index is -0.525. The van der Waals surface area contributed by atoms with Gasteiger partial charge in [0.2, 0.25) is 0 Å². The summed E-state index contributed by atoms with van der Waals surface area (Å²) in [4.78, 5) is 12.5. The summed E-state index contributed by atoms with van der Waals surface area (Å²) in [7, 11) is 0. The van der Waals surface area contributed by atoms with Crippen LogP contribution in [-0.2, 0) is 0 Å². The number of nitrogens with zero attached hydrogens (tertiary/aromatic N) is 2. The Kier molecular flexibility index (Phi) is 12.1. The molecule has 0 saturated heterocycles. The molecule has 0 fully saturated rings. The van der Waals surface area contributed by atoms with Crippen molar-refractivity contribution in [2.45, 2.75) is 65.2 Å². The Balaban J connectivity index is 1.43. The van der Waals surface area contributed by atoms with Crippen LogP contribution in [0.15, 0.2) is 77.0 Å². The fraction of sp³-hybridized carbons (Fsp3) is 0.387. The molecule has 0 saturated carbocycles. The van der Waals surface area contributed by atoms with Crippen molar-refractivity contribution in [3.05, 3.63) is 72.3 Å². The van der Waals surface area contributed by atoms with Crippen LogP contribution in [0.3, 0.4) is 0 Å². The zero-order chi connectivity index (χ0) is 27.0. The highest BCUT2D eigenvalue weighted by Gasteiger charge is 2.11. The van der Waals surface area contributed by atoms with Gasteiger partial charge < -0.3 is 19.3 Å². The van der Waals surface area contributed by atoms with Crippen molar-refractivity contribution in [3.63, 3.8) is 0 Å². The molecule has 0 atom stereocenters. The molecule has 3 rings (SSSR count).